The molecule has 88 heavy (non-hydrogen) atoms. The van der Waals surface area contributed by atoms with Crippen LogP contribution >= 0.6 is 0 Å². The van der Waals surface area contributed by atoms with Crippen molar-refractivity contribution in [2.75, 3.05) is 19.8 Å². The van der Waals surface area contributed by atoms with Gasteiger partial charge in [-0.15, -0.1) is 0 Å². The lowest BCUT2D eigenvalue weighted by molar-refractivity contribution is -0.359. The molecule has 2 rings (SSSR count). The first-order chi connectivity index (χ1) is 43.1. The van der Waals surface area contributed by atoms with Gasteiger partial charge in [-0.05, 0) is 51.4 Å². The van der Waals surface area contributed by atoms with Gasteiger partial charge in [-0.25, -0.2) is 0 Å². The minimum absolute atomic E-state index is 0.237. The minimum Gasteiger partial charge on any atom is -0.394 e. The lowest BCUT2D eigenvalue weighted by Crippen LogP contribution is -2.65. The van der Waals surface area contributed by atoms with E-state index in [0.717, 1.165) is 44.9 Å². The summed E-state index contributed by atoms with van der Waals surface area (Å²) in [7, 11) is 0. The third-order valence-electron chi connectivity index (χ3n) is 18.3. The fourth-order valence-electron chi connectivity index (χ4n) is 12.4. The summed E-state index contributed by atoms with van der Waals surface area (Å²) in [6.45, 7) is 2.84. The quantitative estimate of drug-likeness (QED) is 0.0204. The number of amides is 1. The molecule has 0 spiro atoms. The van der Waals surface area contributed by atoms with Gasteiger partial charge < -0.3 is 65.1 Å². The monoisotopic (exact) mass is 1250 g/mol. The van der Waals surface area contributed by atoms with Gasteiger partial charge in [-0.1, -0.05) is 314 Å². The van der Waals surface area contributed by atoms with E-state index in [2.05, 4.69) is 43.5 Å². The molecule has 12 unspecified atom stereocenters. The SMILES string of the molecule is CCCCCCC/C=C\C/C=C\CCCCCCCCCCCCCC(=O)NC(COC1OC(CO)C(OC2OC(CO)C(O)C(O)C2O)C(O)C1O)C(O)/C=C/CCCCCCCCCCCCCCCCCCCCCCCCCCCCCCC. The van der Waals surface area contributed by atoms with Crippen LogP contribution in [-0.2, 0) is 23.7 Å². The third-order valence-corrected chi connectivity index (χ3v) is 18.3. The predicted molar refractivity (Wildman–Crippen MR) is 360 cm³/mol. The molecule has 14 nitrogen and oxygen atoms in total. The van der Waals surface area contributed by atoms with Crippen LogP contribution in [0.4, 0.5) is 0 Å². The molecule has 14 heteroatoms. The highest BCUT2D eigenvalue weighted by Gasteiger charge is 2.51. The van der Waals surface area contributed by atoms with Crippen molar-refractivity contribution in [1.82, 2.24) is 5.32 Å². The van der Waals surface area contributed by atoms with Crippen molar-refractivity contribution < 1.29 is 64.6 Å². The Kier molecular flexibility index (Phi) is 55.2. The molecule has 12 atom stereocenters. The maximum Gasteiger partial charge on any atom is 0.220 e. The van der Waals surface area contributed by atoms with Crippen molar-refractivity contribution in [3.63, 3.8) is 0 Å². The molecule has 518 valence electrons. The number of allylic oxidation sites excluding steroid dienone is 5. The van der Waals surface area contributed by atoms with Crippen molar-refractivity contribution in [2.24, 2.45) is 0 Å². The molecular weight excluding hydrogens is 1110 g/mol. The number of ether oxygens (including phenoxy) is 4. The van der Waals surface area contributed by atoms with E-state index in [1.807, 2.05) is 6.08 Å². The summed E-state index contributed by atoms with van der Waals surface area (Å²) in [6, 6.07) is -0.917. The number of aliphatic hydroxyl groups is 8. The zero-order chi connectivity index (χ0) is 63.8. The number of unbranched alkanes of at least 4 members (excludes halogenated alkanes) is 45. The molecule has 1 amide bonds. The van der Waals surface area contributed by atoms with Gasteiger partial charge in [0.25, 0.3) is 0 Å². The summed E-state index contributed by atoms with van der Waals surface area (Å²) >= 11 is 0. The van der Waals surface area contributed by atoms with Gasteiger partial charge in [0.2, 0.25) is 5.91 Å². The van der Waals surface area contributed by atoms with Crippen LogP contribution in [-0.4, -0.2) is 140 Å². The second-order valence-corrected chi connectivity index (χ2v) is 26.4. The van der Waals surface area contributed by atoms with Crippen LogP contribution in [0, 0.1) is 0 Å². The molecule has 0 aromatic heterocycles. The van der Waals surface area contributed by atoms with E-state index < -0.39 is 86.8 Å². The second-order valence-electron chi connectivity index (χ2n) is 26.4. The maximum absolute atomic E-state index is 13.3. The van der Waals surface area contributed by atoms with Crippen LogP contribution in [0.25, 0.3) is 0 Å². The number of rotatable bonds is 62. The highest BCUT2D eigenvalue weighted by molar-refractivity contribution is 5.76. The Labute approximate surface area is 538 Å². The molecule has 2 fully saturated rings. The molecule has 0 radical (unpaired) electrons. The first-order valence-electron chi connectivity index (χ1n) is 37.2. The fraction of sp³-hybridized carbons (Fsp3) is 0.905. The van der Waals surface area contributed by atoms with Gasteiger partial charge in [0.15, 0.2) is 12.6 Å². The summed E-state index contributed by atoms with van der Waals surface area (Å²) in [4.78, 5) is 13.3. The topological polar surface area (TPSA) is 228 Å². The van der Waals surface area contributed by atoms with Crippen molar-refractivity contribution in [3.8, 4) is 0 Å². The average molecular weight is 1250 g/mol. The molecule has 2 saturated heterocycles. The zero-order valence-corrected chi connectivity index (χ0v) is 56.5. The van der Waals surface area contributed by atoms with Crippen LogP contribution in [0.5, 0.6) is 0 Å². The Hall–Kier alpha value is -1.79. The van der Waals surface area contributed by atoms with E-state index in [1.165, 1.54) is 263 Å². The van der Waals surface area contributed by atoms with Crippen molar-refractivity contribution in [3.05, 3.63) is 36.5 Å². The molecule has 2 heterocycles. The zero-order valence-electron chi connectivity index (χ0n) is 56.5. The molecule has 0 aliphatic carbocycles. The van der Waals surface area contributed by atoms with Crippen molar-refractivity contribution >= 4 is 5.91 Å². The lowest BCUT2D eigenvalue weighted by atomic mass is 9.97. The largest absolute Gasteiger partial charge is 0.394 e. The van der Waals surface area contributed by atoms with Crippen LogP contribution in [0.3, 0.4) is 0 Å². The molecular formula is C74H139NO13. The first kappa shape index (κ1) is 82.3. The molecule has 9 N–H and O–H groups in total. The summed E-state index contributed by atoms with van der Waals surface area (Å²) in [5.74, 6) is -0.237. The number of aliphatic hydroxyl groups excluding tert-OH is 8. The van der Waals surface area contributed by atoms with E-state index in [9.17, 15) is 45.6 Å². The highest BCUT2D eigenvalue weighted by atomic mass is 16.7. The summed E-state index contributed by atoms with van der Waals surface area (Å²) in [5.41, 5.74) is 0. The number of hydrogen-bond donors (Lipinski definition) is 9. The van der Waals surface area contributed by atoms with Gasteiger partial charge >= 0.3 is 0 Å². The van der Waals surface area contributed by atoms with E-state index >= 15 is 0 Å². The standard InChI is InChI=1S/C74H139NO13/c1-3-5-7-9-11-13-15-17-19-21-23-25-27-28-29-30-31-32-33-34-36-37-39-41-43-45-47-49-51-53-55-57-63(78)62(61-85-73-71(84)69(82)72(65(60-77)87-73)88-74-70(83)68(81)67(80)64(59-76)86-74)75-66(79)58-56-54-52-50-48-46-44-42-40-38-35-26-24-22-20-18-16-14-12-10-8-6-4-2/h16,18,22,24,55,57,62-65,67-74,76-78,80-84H,3-15,17,19-21,23,25-54,56,58-61H2,1-2H3,(H,75,79)/b18-16-,24-22-,57-55+. The minimum atomic E-state index is -1.79. The molecule has 0 saturated carbocycles. The number of carbonyl (C=O) groups is 1. The third kappa shape index (κ3) is 42.4. The van der Waals surface area contributed by atoms with E-state index in [4.69, 9.17) is 18.9 Å². The normalized spacial score (nSPS) is 23.3. The van der Waals surface area contributed by atoms with Gasteiger partial charge in [0, 0.05) is 6.42 Å². The van der Waals surface area contributed by atoms with Gasteiger partial charge in [0.1, 0.15) is 48.8 Å². The Morgan fingerprint density at radius 1 is 0.409 bits per heavy atom. The van der Waals surface area contributed by atoms with Gasteiger partial charge in [0.05, 0.1) is 32.0 Å². The molecule has 0 aromatic rings. The number of nitrogens with one attached hydrogen (secondary N) is 1. The highest BCUT2D eigenvalue weighted by Crippen LogP contribution is 2.30. The Morgan fingerprint density at radius 3 is 1.14 bits per heavy atom. The van der Waals surface area contributed by atoms with Crippen LogP contribution in [0.2, 0.25) is 0 Å². The number of carbonyl (C=O) groups excluding carboxylic acids is 1. The van der Waals surface area contributed by atoms with E-state index in [1.54, 1.807) is 6.08 Å². The Balaban J connectivity index is 1.65. The predicted octanol–water partition coefficient (Wildman–Crippen LogP) is 15.7. The second kappa shape index (κ2) is 59.0. The smallest absolute Gasteiger partial charge is 0.220 e. The molecule has 2 aliphatic rings. The van der Waals surface area contributed by atoms with E-state index in [0.29, 0.717) is 6.42 Å². The van der Waals surface area contributed by atoms with Crippen LogP contribution in [0.15, 0.2) is 36.5 Å². The summed E-state index contributed by atoms with van der Waals surface area (Å²) in [5, 5.41) is 87.5. The maximum atomic E-state index is 13.3. The molecule has 2 aliphatic heterocycles. The number of hydrogen-bond acceptors (Lipinski definition) is 13. The van der Waals surface area contributed by atoms with Crippen molar-refractivity contribution in [2.45, 2.75) is 408 Å². The molecule has 0 bridgehead atoms. The van der Waals surface area contributed by atoms with Crippen LogP contribution in [0.1, 0.15) is 335 Å². The van der Waals surface area contributed by atoms with E-state index in [-0.39, 0.29) is 18.9 Å². The Morgan fingerprint density at radius 2 is 0.750 bits per heavy atom. The summed E-state index contributed by atoms with van der Waals surface area (Å²) < 4.78 is 22.9. The fourth-order valence-corrected chi connectivity index (χ4v) is 12.4. The Bertz CT molecular complexity index is 1620. The lowest BCUT2D eigenvalue weighted by Gasteiger charge is -2.46. The summed E-state index contributed by atoms with van der Waals surface area (Å²) in [6.07, 6.45) is 59.2. The van der Waals surface area contributed by atoms with Crippen molar-refractivity contribution in [1.29, 1.82) is 0 Å². The molecule has 0 aromatic carbocycles. The van der Waals surface area contributed by atoms with Gasteiger partial charge in [-0.3, -0.25) is 4.79 Å². The van der Waals surface area contributed by atoms with Crippen LogP contribution < -0.4 is 5.32 Å². The van der Waals surface area contributed by atoms with Gasteiger partial charge in [-0.2, -0.15) is 0 Å². The average Bonchev–Trinajstić information content (AvgIpc) is 1.78. The first-order valence-corrected chi connectivity index (χ1v) is 37.2.